The van der Waals surface area contributed by atoms with Crippen LogP contribution in [0, 0.1) is 0 Å². The molecule has 2 N–H and O–H groups in total. The third-order valence-corrected chi connectivity index (χ3v) is 3.81. The number of Topliss-reactive ketones (excluding diaryl/α,β-unsaturated/α-hetero) is 1. The Morgan fingerprint density at radius 3 is 2.88 bits per heavy atom. The van der Waals surface area contributed by atoms with Gasteiger partial charge in [-0.1, -0.05) is 0 Å². The molecule has 0 spiro atoms. The van der Waals surface area contributed by atoms with Gasteiger partial charge >= 0.3 is 0 Å². The van der Waals surface area contributed by atoms with Crippen LogP contribution in [0.25, 0.3) is 0 Å². The van der Waals surface area contributed by atoms with E-state index in [1.54, 1.807) is 18.5 Å². The summed E-state index contributed by atoms with van der Waals surface area (Å²) in [6.07, 6.45) is 3.55. The van der Waals surface area contributed by atoms with Gasteiger partial charge in [0, 0.05) is 30.1 Å². The number of hydrogen-bond acceptors (Lipinski definition) is 4. The van der Waals surface area contributed by atoms with Gasteiger partial charge in [-0.2, -0.15) is 0 Å². The number of halogens is 1. The average Bonchev–Trinajstić information content (AvgIpc) is 2.68. The van der Waals surface area contributed by atoms with Crippen molar-refractivity contribution in [3.63, 3.8) is 0 Å². The molecule has 3 nitrogen and oxygen atoms in total. The highest BCUT2D eigenvalue weighted by molar-refractivity contribution is 9.11. The minimum Gasteiger partial charge on any atom is -0.398 e. The number of hydrogen-bond donors (Lipinski definition) is 1. The molecule has 0 aromatic carbocycles. The first-order chi connectivity index (χ1) is 7.66. The van der Waals surface area contributed by atoms with Gasteiger partial charge in [0.1, 0.15) is 0 Å². The van der Waals surface area contributed by atoms with Crippen LogP contribution < -0.4 is 5.73 Å². The summed E-state index contributed by atoms with van der Waals surface area (Å²) in [5.74, 6) is 0.0652. The zero-order valence-corrected chi connectivity index (χ0v) is 10.7. The van der Waals surface area contributed by atoms with E-state index in [0.717, 1.165) is 14.2 Å². The van der Waals surface area contributed by atoms with E-state index >= 15 is 0 Å². The average molecular weight is 297 g/mol. The molecule has 2 rings (SSSR count). The van der Waals surface area contributed by atoms with Crippen LogP contribution in [-0.2, 0) is 6.42 Å². The van der Waals surface area contributed by atoms with Crippen LogP contribution in [0.5, 0.6) is 0 Å². The quantitative estimate of drug-likeness (QED) is 0.886. The number of ketones is 1. The number of nitrogens with zero attached hydrogens (tertiary/aromatic N) is 1. The van der Waals surface area contributed by atoms with E-state index in [4.69, 9.17) is 5.73 Å². The van der Waals surface area contributed by atoms with Gasteiger partial charge in [-0.15, -0.1) is 11.3 Å². The maximum Gasteiger partial charge on any atom is 0.177 e. The number of nitrogen functional groups attached to an aromatic ring is 1. The summed E-state index contributed by atoms with van der Waals surface area (Å²) in [4.78, 5) is 16.6. The molecule has 2 aromatic heterocycles. The lowest BCUT2D eigenvalue weighted by molar-refractivity contribution is 0.0997. The predicted octanol–water partition coefficient (Wildman–Crippen LogP) is 2.91. The van der Waals surface area contributed by atoms with E-state index in [2.05, 4.69) is 20.9 Å². The number of carbonyl (C=O) groups excluding carboxylic acids is 1. The summed E-state index contributed by atoms with van der Waals surface area (Å²) in [6.45, 7) is 0. The lowest BCUT2D eigenvalue weighted by Crippen LogP contribution is -2.04. The van der Waals surface area contributed by atoms with E-state index in [9.17, 15) is 4.79 Å². The van der Waals surface area contributed by atoms with E-state index in [1.165, 1.54) is 11.3 Å². The number of pyridine rings is 1. The molecule has 2 aromatic rings. The standard InChI is InChI=1S/C11H9BrN2OS/c12-11-2-1-10(16-11)9(15)5-7-6-14-4-3-8(7)13/h1-4,6H,5H2,(H2,13,14). The first kappa shape index (κ1) is 11.3. The Hall–Kier alpha value is -1.20. The topological polar surface area (TPSA) is 56.0 Å². The van der Waals surface area contributed by atoms with Crippen LogP contribution in [0.15, 0.2) is 34.4 Å². The fourth-order valence-electron chi connectivity index (χ4n) is 1.31. The lowest BCUT2D eigenvalue weighted by atomic mass is 10.1. The van der Waals surface area contributed by atoms with Crippen molar-refractivity contribution < 1.29 is 4.79 Å². The maximum absolute atomic E-state index is 11.9. The van der Waals surface area contributed by atoms with Crippen molar-refractivity contribution in [2.45, 2.75) is 6.42 Å². The Morgan fingerprint density at radius 1 is 1.44 bits per heavy atom. The Kier molecular flexibility index (Phi) is 3.36. The fourth-order valence-corrected chi connectivity index (χ4v) is 2.63. The smallest absolute Gasteiger partial charge is 0.177 e. The molecule has 5 heteroatoms. The number of nitrogens with two attached hydrogens (primary N) is 1. The normalized spacial score (nSPS) is 10.3. The molecule has 0 fully saturated rings. The van der Waals surface area contributed by atoms with E-state index in [-0.39, 0.29) is 5.78 Å². The molecule has 2 heterocycles. The molecule has 0 aliphatic heterocycles. The molecule has 0 atom stereocenters. The van der Waals surface area contributed by atoms with Gasteiger partial charge in [-0.3, -0.25) is 9.78 Å². The highest BCUT2D eigenvalue weighted by atomic mass is 79.9. The molecule has 0 unspecified atom stereocenters. The molecule has 82 valence electrons. The summed E-state index contributed by atoms with van der Waals surface area (Å²) in [5.41, 5.74) is 7.14. The maximum atomic E-state index is 11.9. The SMILES string of the molecule is Nc1ccncc1CC(=O)c1ccc(Br)s1. The van der Waals surface area contributed by atoms with Crippen molar-refractivity contribution in [1.82, 2.24) is 4.98 Å². The van der Waals surface area contributed by atoms with Crippen LogP contribution in [0.4, 0.5) is 5.69 Å². The van der Waals surface area contributed by atoms with Gasteiger partial charge in [0.2, 0.25) is 0 Å². The van der Waals surface area contributed by atoms with Gasteiger partial charge in [0.05, 0.1) is 8.66 Å². The molecule has 16 heavy (non-hydrogen) atoms. The first-order valence-corrected chi connectivity index (χ1v) is 6.24. The highest BCUT2D eigenvalue weighted by Crippen LogP contribution is 2.24. The van der Waals surface area contributed by atoms with Crippen molar-refractivity contribution in [2.75, 3.05) is 5.73 Å². The number of aromatic nitrogens is 1. The molecular formula is C11H9BrN2OS. The molecule has 0 aliphatic carbocycles. The monoisotopic (exact) mass is 296 g/mol. The van der Waals surface area contributed by atoms with Crippen molar-refractivity contribution >= 4 is 38.7 Å². The first-order valence-electron chi connectivity index (χ1n) is 4.63. The van der Waals surface area contributed by atoms with E-state index < -0.39 is 0 Å². The summed E-state index contributed by atoms with van der Waals surface area (Å²) < 4.78 is 0.954. The van der Waals surface area contributed by atoms with Crippen LogP contribution in [-0.4, -0.2) is 10.8 Å². The minimum atomic E-state index is 0.0652. The van der Waals surface area contributed by atoms with Crippen LogP contribution in [0.2, 0.25) is 0 Å². The zero-order valence-electron chi connectivity index (χ0n) is 8.31. The van der Waals surface area contributed by atoms with Gasteiger partial charge < -0.3 is 5.73 Å². The van der Waals surface area contributed by atoms with E-state index in [0.29, 0.717) is 12.1 Å². The second-order valence-corrected chi connectivity index (χ2v) is 5.74. The van der Waals surface area contributed by atoms with Crippen LogP contribution in [0.3, 0.4) is 0 Å². The molecule has 0 saturated carbocycles. The van der Waals surface area contributed by atoms with E-state index in [1.807, 2.05) is 12.1 Å². The Labute approximate surface area is 105 Å². The predicted molar refractivity (Wildman–Crippen MR) is 68.7 cm³/mol. The third kappa shape index (κ3) is 2.48. The molecule has 0 saturated heterocycles. The summed E-state index contributed by atoms with van der Waals surface area (Å²) in [5, 5.41) is 0. The van der Waals surface area contributed by atoms with Gasteiger partial charge in [0.15, 0.2) is 5.78 Å². The second kappa shape index (κ2) is 4.76. The third-order valence-electron chi connectivity index (χ3n) is 2.14. The summed E-state index contributed by atoms with van der Waals surface area (Å²) in [6, 6.07) is 5.38. The van der Waals surface area contributed by atoms with Gasteiger partial charge in [-0.25, -0.2) is 0 Å². The van der Waals surface area contributed by atoms with Crippen molar-refractivity contribution in [2.24, 2.45) is 0 Å². The molecule has 0 aliphatic rings. The number of rotatable bonds is 3. The zero-order chi connectivity index (χ0) is 11.5. The minimum absolute atomic E-state index is 0.0652. The Bertz CT molecular complexity index is 524. The number of thiophene rings is 1. The number of carbonyl (C=O) groups is 1. The van der Waals surface area contributed by atoms with Gasteiger partial charge in [0.25, 0.3) is 0 Å². The largest absolute Gasteiger partial charge is 0.398 e. The Morgan fingerprint density at radius 2 is 2.25 bits per heavy atom. The second-order valence-electron chi connectivity index (χ2n) is 3.28. The van der Waals surface area contributed by atoms with Crippen molar-refractivity contribution in [3.8, 4) is 0 Å². The molecule has 0 radical (unpaired) electrons. The Balaban J connectivity index is 2.17. The lowest BCUT2D eigenvalue weighted by Gasteiger charge is -2.02. The van der Waals surface area contributed by atoms with Crippen LogP contribution >= 0.6 is 27.3 Å². The summed E-state index contributed by atoms with van der Waals surface area (Å²) in [7, 11) is 0. The number of anilines is 1. The van der Waals surface area contributed by atoms with Crippen LogP contribution in [0.1, 0.15) is 15.2 Å². The van der Waals surface area contributed by atoms with Gasteiger partial charge in [-0.05, 0) is 34.1 Å². The fraction of sp³-hybridized carbons (Fsp3) is 0.0909. The van der Waals surface area contributed by atoms with Crippen molar-refractivity contribution in [1.29, 1.82) is 0 Å². The molecule has 0 amide bonds. The highest BCUT2D eigenvalue weighted by Gasteiger charge is 2.11. The molecule has 0 bridgehead atoms. The van der Waals surface area contributed by atoms with Crippen molar-refractivity contribution in [3.05, 3.63) is 44.8 Å². The molecular weight excluding hydrogens is 288 g/mol. The summed E-state index contributed by atoms with van der Waals surface area (Å²) >= 11 is 4.76.